The monoisotopic (exact) mass is 701 g/mol. The van der Waals surface area contributed by atoms with E-state index < -0.39 is 22.0 Å². The summed E-state index contributed by atoms with van der Waals surface area (Å²) >= 11 is 0. The van der Waals surface area contributed by atoms with Gasteiger partial charge in [0.2, 0.25) is 8.32 Å². The van der Waals surface area contributed by atoms with Gasteiger partial charge in [0, 0.05) is 44.7 Å². The van der Waals surface area contributed by atoms with Gasteiger partial charge in [0.05, 0.1) is 17.9 Å². The van der Waals surface area contributed by atoms with Crippen molar-refractivity contribution in [1.29, 1.82) is 0 Å². The summed E-state index contributed by atoms with van der Waals surface area (Å²) in [6, 6.07) is 13.5. The highest BCUT2D eigenvalue weighted by Crippen LogP contribution is 2.38. The zero-order valence-corrected chi connectivity index (χ0v) is 33.4. The lowest BCUT2D eigenvalue weighted by Crippen LogP contribution is -2.43. The predicted molar refractivity (Wildman–Crippen MR) is 203 cm³/mol. The Morgan fingerprint density at radius 2 is 1.55 bits per heavy atom. The maximum absolute atomic E-state index is 13.2. The standard InChI is InChI=1S/C38H55N5O4Si2/c1-37(2,3)46-36(44)42-18-12-13-32(42)35-41-25-33(43(35)26-45-19-20-48(7,8)9)30-23-39-34(40-24-30)29-15-14-28-22-31(17-16-27(28)21-29)47-49(10,11)38(4,5)6/h14-17,21-25,32H,12-13,18-20,26H2,1-11H3/t32-/m0/s1. The van der Waals surface area contributed by atoms with Crippen LogP contribution < -0.4 is 4.43 Å². The Labute approximate surface area is 294 Å². The second kappa shape index (κ2) is 14.0. The maximum Gasteiger partial charge on any atom is 0.410 e. The Kier molecular flexibility index (Phi) is 10.5. The van der Waals surface area contributed by atoms with E-state index in [0.717, 1.165) is 58.1 Å². The summed E-state index contributed by atoms with van der Waals surface area (Å²) in [5.74, 6) is 2.36. The normalized spacial score (nSPS) is 16.0. The van der Waals surface area contributed by atoms with Crippen LogP contribution in [0, 0.1) is 0 Å². The highest BCUT2D eigenvalue weighted by molar-refractivity contribution is 6.76. The van der Waals surface area contributed by atoms with E-state index in [1.807, 2.05) is 39.4 Å². The van der Waals surface area contributed by atoms with Crippen molar-refractivity contribution in [2.24, 2.45) is 0 Å². The molecular formula is C38H55N5O4Si2. The van der Waals surface area contributed by atoms with Gasteiger partial charge in [-0.15, -0.1) is 0 Å². The van der Waals surface area contributed by atoms with E-state index in [0.29, 0.717) is 25.7 Å². The van der Waals surface area contributed by atoms with Crippen LogP contribution in [0.5, 0.6) is 5.75 Å². The van der Waals surface area contributed by atoms with Crippen LogP contribution >= 0.6 is 0 Å². The minimum atomic E-state index is -1.93. The molecule has 1 aliphatic heterocycles. The largest absolute Gasteiger partial charge is 0.543 e. The molecule has 9 nitrogen and oxygen atoms in total. The summed E-state index contributed by atoms with van der Waals surface area (Å²) in [6.45, 7) is 25.7. The molecule has 0 N–H and O–H groups in total. The third kappa shape index (κ3) is 8.98. The first kappa shape index (κ1) is 36.7. The van der Waals surface area contributed by atoms with Crippen molar-refractivity contribution in [3.63, 3.8) is 0 Å². The van der Waals surface area contributed by atoms with Crippen LogP contribution in [-0.4, -0.2) is 65.7 Å². The number of fused-ring (bicyclic) bond motifs is 1. The molecule has 0 radical (unpaired) electrons. The predicted octanol–water partition coefficient (Wildman–Crippen LogP) is 9.93. The lowest BCUT2D eigenvalue weighted by atomic mass is 10.1. The fraction of sp³-hybridized carbons (Fsp3) is 0.526. The summed E-state index contributed by atoms with van der Waals surface area (Å²) in [5.41, 5.74) is 2.07. The first-order valence-corrected chi connectivity index (χ1v) is 24.1. The minimum Gasteiger partial charge on any atom is -0.543 e. The summed E-state index contributed by atoms with van der Waals surface area (Å²) in [5, 5.41) is 2.36. The first-order chi connectivity index (χ1) is 22.8. The third-order valence-corrected chi connectivity index (χ3v) is 15.5. The molecule has 1 fully saturated rings. The van der Waals surface area contributed by atoms with Gasteiger partial charge < -0.3 is 18.5 Å². The molecule has 2 aromatic carbocycles. The van der Waals surface area contributed by atoms with Crippen LogP contribution in [0.15, 0.2) is 55.0 Å². The van der Waals surface area contributed by atoms with E-state index in [9.17, 15) is 4.79 Å². The number of ether oxygens (including phenoxy) is 2. The molecule has 3 heterocycles. The van der Waals surface area contributed by atoms with Gasteiger partial charge in [-0.1, -0.05) is 58.6 Å². The van der Waals surface area contributed by atoms with Gasteiger partial charge in [-0.2, -0.15) is 0 Å². The molecule has 49 heavy (non-hydrogen) atoms. The Bertz CT molecular complexity index is 1770. The van der Waals surface area contributed by atoms with Gasteiger partial charge in [-0.3, -0.25) is 4.90 Å². The number of nitrogens with zero attached hydrogens (tertiary/aromatic N) is 5. The molecule has 1 saturated heterocycles. The van der Waals surface area contributed by atoms with Crippen molar-refractivity contribution in [1.82, 2.24) is 24.4 Å². The van der Waals surface area contributed by atoms with Crippen molar-refractivity contribution in [2.45, 2.75) is 117 Å². The van der Waals surface area contributed by atoms with Gasteiger partial charge in [0.25, 0.3) is 0 Å². The lowest BCUT2D eigenvalue weighted by Gasteiger charge is -2.36. The van der Waals surface area contributed by atoms with Crippen molar-refractivity contribution >= 4 is 33.3 Å². The summed E-state index contributed by atoms with van der Waals surface area (Å²) in [4.78, 5) is 29.4. The Hall–Kier alpha value is -3.55. The van der Waals surface area contributed by atoms with E-state index in [1.165, 1.54) is 0 Å². The summed E-state index contributed by atoms with van der Waals surface area (Å²) < 4.78 is 20.6. The third-order valence-electron chi connectivity index (χ3n) is 9.48. The number of amides is 1. The fourth-order valence-electron chi connectivity index (χ4n) is 5.61. The highest BCUT2D eigenvalue weighted by atomic mass is 28.4. The molecule has 0 bridgehead atoms. The first-order valence-electron chi connectivity index (χ1n) is 17.5. The number of carbonyl (C=O) groups is 1. The average molecular weight is 702 g/mol. The zero-order valence-electron chi connectivity index (χ0n) is 31.4. The number of aromatic nitrogens is 4. The van der Waals surface area contributed by atoms with Crippen molar-refractivity contribution in [2.75, 3.05) is 13.2 Å². The highest BCUT2D eigenvalue weighted by Gasteiger charge is 2.39. The Morgan fingerprint density at radius 3 is 2.20 bits per heavy atom. The van der Waals surface area contributed by atoms with Crippen molar-refractivity contribution in [3.05, 3.63) is 60.8 Å². The number of imidazole rings is 1. The van der Waals surface area contributed by atoms with Gasteiger partial charge in [0.1, 0.15) is 23.9 Å². The molecule has 2 aromatic heterocycles. The van der Waals surface area contributed by atoms with Crippen LogP contribution in [0.1, 0.15) is 66.3 Å². The van der Waals surface area contributed by atoms with E-state index in [1.54, 1.807) is 4.90 Å². The van der Waals surface area contributed by atoms with Crippen LogP contribution in [0.3, 0.4) is 0 Å². The van der Waals surface area contributed by atoms with Crippen LogP contribution in [0.25, 0.3) is 33.4 Å². The SMILES string of the molecule is CC(C)(C)OC(=O)N1CCC[C@H]1c1ncc(-c2cnc(-c3ccc4cc(O[Si](C)(C)C(C)(C)C)ccc4c3)nc2)n1COCC[Si](C)(C)C. The van der Waals surface area contributed by atoms with Crippen molar-refractivity contribution in [3.8, 4) is 28.4 Å². The van der Waals surface area contributed by atoms with E-state index in [-0.39, 0.29) is 17.2 Å². The molecule has 0 unspecified atom stereocenters. The fourth-order valence-corrected chi connectivity index (χ4v) is 7.39. The molecule has 5 rings (SSSR count). The minimum absolute atomic E-state index is 0.131. The average Bonchev–Trinajstić information content (AvgIpc) is 3.64. The van der Waals surface area contributed by atoms with Crippen LogP contribution in [0.4, 0.5) is 4.79 Å². The number of carbonyl (C=O) groups excluding carboxylic acids is 1. The summed E-state index contributed by atoms with van der Waals surface area (Å²) in [7, 11) is -3.20. The molecule has 0 aliphatic carbocycles. The number of benzene rings is 2. The molecule has 1 atom stereocenters. The number of rotatable bonds is 10. The topological polar surface area (TPSA) is 91.6 Å². The Balaban J connectivity index is 1.40. The number of hydrogen-bond donors (Lipinski definition) is 0. The van der Waals surface area contributed by atoms with E-state index >= 15 is 0 Å². The molecule has 1 amide bonds. The number of likely N-dealkylation sites (tertiary alicyclic amines) is 1. The second-order valence-corrected chi connectivity index (χ2v) is 27.3. The molecule has 1 aliphatic rings. The van der Waals surface area contributed by atoms with Crippen LogP contribution in [-0.2, 0) is 16.2 Å². The van der Waals surface area contributed by atoms with Gasteiger partial charge in [0.15, 0.2) is 5.82 Å². The second-order valence-electron chi connectivity index (χ2n) is 17.0. The quantitative estimate of drug-likeness (QED) is 0.120. The van der Waals surface area contributed by atoms with Crippen LogP contribution in [0.2, 0.25) is 43.8 Å². The lowest BCUT2D eigenvalue weighted by molar-refractivity contribution is 0.0204. The summed E-state index contributed by atoms with van der Waals surface area (Å²) in [6.07, 6.45) is 6.93. The molecule has 4 aromatic rings. The molecular weight excluding hydrogens is 647 g/mol. The van der Waals surface area contributed by atoms with E-state index in [4.69, 9.17) is 28.9 Å². The Morgan fingerprint density at radius 1 is 0.878 bits per heavy atom. The smallest absolute Gasteiger partial charge is 0.410 e. The molecule has 264 valence electrons. The molecule has 11 heteroatoms. The zero-order chi connectivity index (χ0) is 35.8. The van der Waals surface area contributed by atoms with Gasteiger partial charge >= 0.3 is 6.09 Å². The maximum atomic E-state index is 13.2. The molecule has 0 spiro atoms. The van der Waals surface area contributed by atoms with Gasteiger partial charge in [-0.25, -0.2) is 19.7 Å². The number of hydrogen-bond acceptors (Lipinski definition) is 7. The van der Waals surface area contributed by atoms with Crippen molar-refractivity contribution < 1.29 is 18.7 Å². The van der Waals surface area contributed by atoms with E-state index in [2.05, 4.69) is 94.5 Å². The van der Waals surface area contributed by atoms with Gasteiger partial charge in [-0.05, 0) is 86.8 Å². The molecule has 0 saturated carbocycles.